The van der Waals surface area contributed by atoms with E-state index in [4.69, 9.17) is 0 Å². The fourth-order valence-corrected chi connectivity index (χ4v) is 3.10. The second-order valence-corrected chi connectivity index (χ2v) is 5.62. The Balaban J connectivity index is 1.56. The summed E-state index contributed by atoms with van der Waals surface area (Å²) in [5, 5.41) is 6.83. The monoisotopic (exact) mass is 291 g/mol. The number of aromatic nitrogens is 2. The fourth-order valence-electron chi connectivity index (χ4n) is 3.10. The van der Waals surface area contributed by atoms with Crippen molar-refractivity contribution < 1.29 is 9.59 Å². The maximum Gasteiger partial charge on any atom is 0.324 e. The van der Waals surface area contributed by atoms with Gasteiger partial charge in [0.25, 0.3) is 0 Å². The summed E-state index contributed by atoms with van der Waals surface area (Å²) in [5.74, 6) is -0.124. The average Bonchev–Trinajstić information content (AvgIpc) is 3.10. The molecule has 3 amide bonds. The summed E-state index contributed by atoms with van der Waals surface area (Å²) >= 11 is 0. The lowest BCUT2D eigenvalue weighted by molar-refractivity contribution is -0.125. The molecule has 3 heterocycles. The van der Waals surface area contributed by atoms with Crippen LogP contribution >= 0.6 is 0 Å². The summed E-state index contributed by atoms with van der Waals surface area (Å²) in [6.45, 7) is 3.24. The molecule has 1 aromatic rings. The first-order valence-electron chi connectivity index (χ1n) is 7.54. The third-order valence-corrected chi connectivity index (χ3v) is 4.25. The Morgan fingerprint density at radius 2 is 2.19 bits per heavy atom. The fraction of sp³-hybridized carbons (Fsp3) is 0.643. The quantitative estimate of drug-likeness (QED) is 0.792. The number of amides is 3. The molecule has 114 valence electrons. The lowest BCUT2D eigenvalue weighted by Gasteiger charge is -2.36. The summed E-state index contributed by atoms with van der Waals surface area (Å²) in [5.41, 5.74) is 0. The van der Waals surface area contributed by atoms with Crippen molar-refractivity contribution in [3.8, 4) is 0 Å². The maximum atomic E-state index is 11.6. The second-order valence-electron chi connectivity index (χ2n) is 5.62. The van der Waals surface area contributed by atoms with Crippen LogP contribution in [0.3, 0.4) is 0 Å². The van der Waals surface area contributed by atoms with E-state index >= 15 is 0 Å². The highest BCUT2D eigenvalue weighted by atomic mass is 16.2. The summed E-state index contributed by atoms with van der Waals surface area (Å²) in [4.78, 5) is 26.9. The van der Waals surface area contributed by atoms with Crippen molar-refractivity contribution >= 4 is 11.9 Å². The first-order chi connectivity index (χ1) is 10.2. The Hall–Kier alpha value is -1.89. The Morgan fingerprint density at radius 1 is 1.29 bits per heavy atom. The number of carbonyl (C=O) groups excluding carboxylic acids is 2. The number of nitrogens with one attached hydrogen (secondary N) is 1. The maximum absolute atomic E-state index is 11.6. The van der Waals surface area contributed by atoms with Crippen molar-refractivity contribution in [3.63, 3.8) is 0 Å². The van der Waals surface area contributed by atoms with Gasteiger partial charge in [0.05, 0.1) is 13.1 Å². The topological polar surface area (TPSA) is 70.5 Å². The zero-order valence-electron chi connectivity index (χ0n) is 12.1. The molecular weight excluding hydrogens is 270 g/mol. The molecule has 3 rings (SSSR count). The highest BCUT2D eigenvalue weighted by Gasteiger charge is 2.30. The van der Waals surface area contributed by atoms with E-state index in [1.807, 2.05) is 16.9 Å². The van der Waals surface area contributed by atoms with Gasteiger partial charge in [-0.25, -0.2) is 4.79 Å². The van der Waals surface area contributed by atoms with Gasteiger partial charge in [-0.05, 0) is 25.5 Å². The van der Waals surface area contributed by atoms with E-state index in [1.165, 1.54) is 17.7 Å². The molecule has 2 fully saturated rings. The van der Waals surface area contributed by atoms with Gasteiger partial charge in [-0.2, -0.15) is 5.10 Å². The van der Waals surface area contributed by atoms with Crippen molar-refractivity contribution in [2.45, 2.75) is 31.8 Å². The summed E-state index contributed by atoms with van der Waals surface area (Å²) < 4.78 is 1.96. The molecule has 0 aromatic carbocycles. The third-order valence-electron chi connectivity index (χ3n) is 4.25. The molecule has 0 aliphatic carbocycles. The van der Waals surface area contributed by atoms with Crippen LogP contribution in [0, 0.1) is 0 Å². The minimum absolute atomic E-state index is 0.124. The number of piperidine rings is 1. The molecule has 7 heteroatoms. The second kappa shape index (κ2) is 6.26. The van der Waals surface area contributed by atoms with E-state index in [0.717, 1.165) is 26.1 Å². The van der Waals surface area contributed by atoms with Crippen LogP contribution in [0.1, 0.15) is 19.3 Å². The molecule has 0 radical (unpaired) electrons. The molecule has 1 N–H and O–H groups in total. The Bertz CT molecular complexity index is 485. The molecule has 2 saturated heterocycles. The zero-order valence-corrected chi connectivity index (χ0v) is 12.1. The Morgan fingerprint density at radius 3 is 2.90 bits per heavy atom. The largest absolute Gasteiger partial charge is 0.329 e. The van der Waals surface area contributed by atoms with Crippen molar-refractivity contribution in [3.05, 3.63) is 18.5 Å². The van der Waals surface area contributed by atoms with Gasteiger partial charge in [-0.3, -0.25) is 19.3 Å². The van der Waals surface area contributed by atoms with Crippen LogP contribution in [-0.4, -0.2) is 63.7 Å². The van der Waals surface area contributed by atoms with Crippen LogP contribution in [0.4, 0.5) is 4.79 Å². The van der Waals surface area contributed by atoms with Gasteiger partial charge in [0.15, 0.2) is 0 Å². The number of likely N-dealkylation sites (tertiary alicyclic amines) is 1. The number of hydrogen-bond donors (Lipinski definition) is 1. The van der Waals surface area contributed by atoms with Gasteiger partial charge < -0.3 is 5.32 Å². The SMILES string of the molecule is O=C1CNC(=O)N1CCN1CCCCC1Cn1cccn1. The van der Waals surface area contributed by atoms with E-state index in [2.05, 4.69) is 15.3 Å². The van der Waals surface area contributed by atoms with Crippen LogP contribution in [0.25, 0.3) is 0 Å². The molecule has 0 spiro atoms. The van der Waals surface area contributed by atoms with Crippen LogP contribution in [-0.2, 0) is 11.3 Å². The molecule has 2 aliphatic heterocycles. The van der Waals surface area contributed by atoms with Crippen molar-refractivity contribution in [1.29, 1.82) is 0 Å². The van der Waals surface area contributed by atoms with Crippen LogP contribution in [0.15, 0.2) is 18.5 Å². The number of carbonyl (C=O) groups is 2. The van der Waals surface area contributed by atoms with Gasteiger partial charge in [-0.1, -0.05) is 6.42 Å². The minimum Gasteiger partial charge on any atom is -0.329 e. The molecule has 1 unspecified atom stereocenters. The van der Waals surface area contributed by atoms with E-state index in [0.29, 0.717) is 12.6 Å². The van der Waals surface area contributed by atoms with Crippen LogP contribution < -0.4 is 5.32 Å². The highest BCUT2D eigenvalue weighted by molar-refractivity contribution is 6.01. The van der Waals surface area contributed by atoms with Crippen molar-refractivity contribution in [2.24, 2.45) is 0 Å². The van der Waals surface area contributed by atoms with E-state index in [9.17, 15) is 9.59 Å². The highest BCUT2D eigenvalue weighted by Crippen LogP contribution is 2.18. The van der Waals surface area contributed by atoms with Crippen LogP contribution in [0.2, 0.25) is 0 Å². The number of imide groups is 1. The smallest absolute Gasteiger partial charge is 0.324 e. The molecule has 0 saturated carbocycles. The molecule has 1 aromatic heterocycles. The summed E-state index contributed by atoms with van der Waals surface area (Å²) in [7, 11) is 0. The molecule has 7 nitrogen and oxygen atoms in total. The van der Waals surface area contributed by atoms with Gasteiger partial charge in [0, 0.05) is 31.5 Å². The molecular formula is C14H21N5O2. The predicted molar refractivity (Wildman–Crippen MR) is 76.6 cm³/mol. The third kappa shape index (κ3) is 3.24. The minimum atomic E-state index is -0.263. The standard InChI is InChI=1S/C14H21N5O2/c20-13-10-15-14(21)19(13)9-8-17-6-2-1-4-12(17)11-18-7-3-5-16-18/h3,5,7,12H,1-2,4,6,8-11H2,(H,15,21). The van der Waals surface area contributed by atoms with Crippen LogP contribution in [0.5, 0.6) is 0 Å². The number of hydrogen-bond acceptors (Lipinski definition) is 4. The van der Waals surface area contributed by atoms with E-state index in [-0.39, 0.29) is 18.5 Å². The van der Waals surface area contributed by atoms with Crippen molar-refractivity contribution in [2.75, 3.05) is 26.2 Å². The predicted octanol–water partition coefficient (Wildman–Crippen LogP) is 0.289. The molecule has 0 bridgehead atoms. The lowest BCUT2D eigenvalue weighted by Crippen LogP contribution is -2.46. The first kappa shape index (κ1) is 14.1. The Labute approximate surface area is 123 Å². The van der Waals surface area contributed by atoms with Gasteiger partial charge in [0.1, 0.15) is 0 Å². The molecule has 2 aliphatic rings. The molecule has 21 heavy (non-hydrogen) atoms. The van der Waals surface area contributed by atoms with E-state index in [1.54, 1.807) is 6.20 Å². The van der Waals surface area contributed by atoms with Gasteiger partial charge in [-0.15, -0.1) is 0 Å². The normalized spacial score (nSPS) is 23.6. The van der Waals surface area contributed by atoms with Crippen molar-refractivity contribution in [1.82, 2.24) is 24.9 Å². The molecule has 1 atom stereocenters. The summed E-state index contributed by atoms with van der Waals surface area (Å²) in [6.07, 6.45) is 7.31. The van der Waals surface area contributed by atoms with Gasteiger partial charge in [0.2, 0.25) is 5.91 Å². The van der Waals surface area contributed by atoms with Gasteiger partial charge >= 0.3 is 6.03 Å². The zero-order chi connectivity index (χ0) is 14.7. The summed E-state index contributed by atoms with van der Waals surface area (Å²) in [6, 6.07) is 2.10. The first-order valence-corrected chi connectivity index (χ1v) is 7.54. The lowest BCUT2D eigenvalue weighted by atomic mass is 10.0. The van der Waals surface area contributed by atoms with E-state index < -0.39 is 0 Å². The number of nitrogens with zero attached hydrogens (tertiary/aromatic N) is 4. The number of rotatable bonds is 5. The Kier molecular flexibility index (Phi) is 4.19. The number of urea groups is 1. The average molecular weight is 291 g/mol.